The lowest BCUT2D eigenvalue weighted by atomic mass is 10.2. The maximum absolute atomic E-state index is 11.1. The highest BCUT2D eigenvalue weighted by Gasteiger charge is 2.27. The Morgan fingerprint density at radius 2 is 2.06 bits per heavy atom. The molecule has 0 bridgehead atoms. The van der Waals surface area contributed by atoms with Crippen molar-refractivity contribution in [2.45, 2.75) is 59.5 Å². The summed E-state index contributed by atoms with van der Waals surface area (Å²) >= 11 is 0. The van der Waals surface area contributed by atoms with E-state index in [4.69, 9.17) is 0 Å². The highest BCUT2D eigenvalue weighted by atomic mass is 16.6. The second-order valence-electron chi connectivity index (χ2n) is 4.91. The van der Waals surface area contributed by atoms with E-state index in [0.29, 0.717) is 11.5 Å². The number of aromatic nitrogens is 2. The fourth-order valence-corrected chi connectivity index (χ4v) is 2.00. The topological polar surface area (TPSA) is 73.0 Å². The van der Waals surface area contributed by atoms with Crippen molar-refractivity contribution in [3.05, 3.63) is 15.8 Å². The minimum atomic E-state index is -0.359. The van der Waals surface area contributed by atoms with E-state index in [1.165, 1.54) is 0 Å². The molecule has 1 aromatic rings. The molecule has 102 valence electrons. The Kier molecular flexibility index (Phi) is 4.69. The van der Waals surface area contributed by atoms with Crippen LogP contribution >= 0.6 is 0 Å². The van der Waals surface area contributed by atoms with E-state index in [0.717, 1.165) is 12.8 Å². The summed E-state index contributed by atoms with van der Waals surface area (Å²) in [6.45, 7) is 9.72. The highest BCUT2D eigenvalue weighted by Crippen LogP contribution is 2.31. The monoisotopic (exact) mass is 254 g/mol. The number of anilines is 1. The van der Waals surface area contributed by atoms with Crippen molar-refractivity contribution in [3.8, 4) is 0 Å². The van der Waals surface area contributed by atoms with Gasteiger partial charge >= 0.3 is 5.69 Å². The lowest BCUT2D eigenvalue weighted by Gasteiger charge is -2.16. The number of nitro groups is 1. The van der Waals surface area contributed by atoms with E-state index in [-0.39, 0.29) is 22.7 Å². The summed E-state index contributed by atoms with van der Waals surface area (Å²) in [5, 5.41) is 18.6. The van der Waals surface area contributed by atoms with Crippen molar-refractivity contribution in [2.75, 3.05) is 5.32 Å². The average Bonchev–Trinajstić information content (AvgIpc) is 2.55. The Labute approximate surface area is 108 Å². The molecule has 0 saturated carbocycles. The molecule has 0 aliphatic heterocycles. The van der Waals surface area contributed by atoms with Gasteiger partial charge in [0.2, 0.25) is 5.82 Å². The van der Waals surface area contributed by atoms with Gasteiger partial charge in [-0.05, 0) is 34.1 Å². The lowest BCUT2D eigenvalue weighted by Crippen LogP contribution is -2.19. The van der Waals surface area contributed by atoms with Gasteiger partial charge in [0.25, 0.3) is 0 Å². The Balaban J connectivity index is 3.15. The molecule has 0 aromatic carbocycles. The van der Waals surface area contributed by atoms with Gasteiger partial charge in [-0.3, -0.25) is 10.1 Å². The van der Waals surface area contributed by atoms with Crippen LogP contribution in [0.1, 0.15) is 52.3 Å². The molecular formula is C12H22N4O2. The third-order valence-corrected chi connectivity index (χ3v) is 2.83. The van der Waals surface area contributed by atoms with Crippen LogP contribution in [0.25, 0.3) is 0 Å². The number of nitrogens with one attached hydrogen (secondary N) is 1. The molecule has 1 aromatic heterocycles. The van der Waals surface area contributed by atoms with Crippen molar-refractivity contribution < 1.29 is 4.92 Å². The van der Waals surface area contributed by atoms with Crippen LogP contribution in [0.2, 0.25) is 0 Å². The number of aryl methyl sites for hydroxylation is 1. The number of hydrogen-bond acceptors (Lipinski definition) is 4. The minimum Gasteiger partial charge on any atom is -0.362 e. The molecule has 0 saturated heterocycles. The van der Waals surface area contributed by atoms with Gasteiger partial charge in [-0.25, -0.2) is 4.68 Å². The molecule has 0 spiro atoms. The molecule has 0 radical (unpaired) electrons. The molecule has 0 amide bonds. The summed E-state index contributed by atoms with van der Waals surface area (Å²) < 4.78 is 1.69. The van der Waals surface area contributed by atoms with Gasteiger partial charge in [-0.15, -0.1) is 0 Å². The van der Waals surface area contributed by atoms with Gasteiger partial charge in [0, 0.05) is 12.1 Å². The van der Waals surface area contributed by atoms with E-state index in [9.17, 15) is 10.1 Å². The van der Waals surface area contributed by atoms with Gasteiger partial charge in [0.1, 0.15) is 5.69 Å². The quantitative estimate of drug-likeness (QED) is 0.624. The second kappa shape index (κ2) is 5.84. The van der Waals surface area contributed by atoms with Crippen molar-refractivity contribution in [2.24, 2.45) is 0 Å². The summed E-state index contributed by atoms with van der Waals surface area (Å²) in [4.78, 5) is 10.8. The predicted molar refractivity (Wildman–Crippen MR) is 72.0 cm³/mol. The second-order valence-corrected chi connectivity index (χ2v) is 4.91. The molecule has 6 nitrogen and oxygen atoms in total. The molecule has 18 heavy (non-hydrogen) atoms. The van der Waals surface area contributed by atoms with Crippen molar-refractivity contribution in [1.29, 1.82) is 0 Å². The van der Waals surface area contributed by atoms with E-state index < -0.39 is 0 Å². The first-order valence-electron chi connectivity index (χ1n) is 6.38. The van der Waals surface area contributed by atoms with E-state index >= 15 is 0 Å². The van der Waals surface area contributed by atoms with E-state index in [1.807, 2.05) is 20.8 Å². The van der Waals surface area contributed by atoms with Crippen LogP contribution in [-0.4, -0.2) is 20.7 Å². The lowest BCUT2D eigenvalue weighted by molar-refractivity contribution is -0.384. The Bertz CT molecular complexity index is 426. The van der Waals surface area contributed by atoms with Gasteiger partial charge in [0.05, 0.1) is 4.92 Å². The number of hydrogen-bond donors (Lipinski definition) is 1. The average molecular weight is 254 g/mol. The normalized spacial score (nSPS) is 12.8. The van der Waals surface area contributed by atoms with Crippen LogP contribution in [-0.2, 0) is 0 Å². The molecular weight excluding hydrogens is 232 g/mol. The molecule has 0 aliphatic carbocycles. The first kappa shape index (κ1) is 14.5. The van der Waals surface area contributed by atoms with Gasteiger partial charge in [-0.2, -0.15) is 5.10 Å². The molecule has 0 aliphatic rings. The smallest absolute Gasteiger partial charge is 0.333 e. The fourth-order valence-electron chi connectivity index (χ4n) is 2.00. The molecule has 1 atom stereocenters. The maximum Gasteiger partial charge on any atom is 0.333 e. The zero-order valence-corrected chi connectivity index (χ0v) is 11.7. The van der Waals surface area contributed by atoms with Crippen LogP contribution < -0.4 is 5.32 Å². The predicted octanol–water partition coefficient (Wildman–Crippen LogP) is 3.28. The van der Waals surface area contributed by atoms with E-state index in [1.54, 1.807) is 11.6 Å². The van der Waals surface area contributed by atoms with Crippen LogP contribution in [0.15, 0.2) is 0 Å². The summed E-state index contributed by atoms with van der Waals surface area (Å²) in [6.07, 6.45) is 2.01. The highest BCUT2D eigenvalue weighted by molar-refractivity contribution is 5.60. The Morgan fingerprint density at radius 3 is 2.50 bits per heavy atom. The molecule has 1 N–H and O–H groups in total. The number of rotatable bonds is 6. The van der Waals surface area contributed by atoms with Gasteiger partial charge in [-0.1, -0.05) is 13.3 Å². The molecule has 1 rings (SSSR count). The third kappa shape index (κ3) is 3.00. The summed E-state index contributed by atoms with van der Waals surface area (Å²) in [5.41, 5.74) is 0.548. The summed E-state index contributed by atoms with van der Waals surface area (Å²) in [7, 11) is 0. The van der Waals surface area contributed by atoms with Crippen LogP contribution in [0, 0.1) is 17.0 Å². The zero-order valence-electron chi connectivity index (χ0n) is 11.7. The minimum absolute atomic E-state index is 0.0895. The van der Waals surface area contributed by atoms with Gasteiger partial charge < -0.3 is 5.32 Å². The van der Waals surface area contributed by atoms with Crippen molar-refractivity contribution >= 4 is 11.5 Å². The largest absolute Gasteiger partial charge is 0.362 e. The summed E-state index contributed by atoms with van der Waals surface area (Å²) in [6, 6.07) is 0.288. The first-order chi connectivity index (χ1) is 8.38. The van der Waals surface area contributed by atoms with Crippen molar-refractivity contribution in [3.63, 3.8) is 0 Å². The fraction of sp³-hybridized carbons (Fsp3) is 0.750. The Hall–Kier alpha value is -1.59. The Morgan fingerprint density at radius 1 is 1.44 bits per heavy atom. The molecule has 1 heterocycles. The van der Waals surface area contributed by atoms with Gasteiger partial charge in [0.15, 0.2) is 0 Å². The molecule has 1 unspecified atom stereocenters. The van der Waals surface area contributed by atoms with Crippen LogP contribution in [0.5, 0.6) is 0 Å². The molecule has 0 fully saturated rings. The molecule has 6 heteroatoms. The SMILES string of the molecule is CCCC(C)Nc1c([N+](=O)[O-])c(C)nn1C(C)C. The zero-order chi connectivity index (χ0) is 13.9. The van der Waals surface area contributed by atoms with Crippen LogP contribution in [0.4, 0.5) is 11.5 Å². The van der Waals surface area contributed by atoms with E-state index in [2.05, 4.69) is 17.3 Å². The van der Waals surface area contributed by atoms with Crippen molar-refractivity contribution in [1.82, 2.24) is 9.78 Å². The first-order valence-corrected chi connectivity index (χ1v) is 6.38. The third-order valence-electron chi connectivity index (χ3n) is 2.83. The number of nitrogens with zero attached hydrogens (tertiary/aromatic N) is 3. The maximum atomic E-state index is 11.1. The standard InChI is InChI=1S/C12H22N4O2/c1-6-7-9(4)13-12-11(16(17)18)10(5)14-15(12)8(2)3/h8-9,13H,6-7H2,1-5H3. The van der Waals surface area contributed by atoms with Crippen LogP contribution in [0.3, 0.4) is 0 Å². The summed E-state index contributed by atoms with van der Waals surface area (Å²) in [5.74, 6) is 0.522.